The van der Waals surface area contributed by atoms with Crippen molar-refractivity contribution in [2.24, 2.45) is 17.8 Å². The van der Waals surface area contributed by atoms with Crippen LogP contribution in [0.4, 0.5) is 11.6 Å². The first-order chi connectivity index (χ1) is 10.2. The highest BCUT2D eigenvalue weighted by molar-refractivity contribution is 5.58. The van der Waals surface area contributed by atoms with E-state index < -0.39 is 0 Å². The number of hydrogen-bond donors (Lipinski definition) is 2. The standard InChI is InChI=1S/C17H26N4/c1-3-14-15(18-2)19-10-20-16(14)21-17-7-11-4-12(8-17)6-13(5-11)9-17/h10-13H,3-9H2,1-2H3,(H2,18,19,20,21). The maximum atomic E-state index is 4.57. The Morgan fingerprint density at radius 1 is 1.05 bits per heavy atom. The summed E-state index contributed by atoms with van der Waals surface area (Å²) in [7, 11) is 1.94. The van der Waals surface area contributed by atoms with Crippen LogP contribution in [-0.2, 0) is 6.42 Å². The quantitative estimate of drug-likeness (QED) is 0.890. The van der Waals surface area contributed by atoms with E-state index in [9.17, 15) is 0 Å². The summed E-state index contributed by atoms with van der Waals surface area (Å²) >= 11 is 0. The lowest BCUT2D eigenvalue weighted by Crippen LogP contribution is -2.55. The number of nitrogens with zero attached hydrogens (tertiary/aromatic N) is 2. The molecule has 0 aromatic carbocycles. The van der Waals surface area contributed by atoms with Gasteiger partial charge in [-0.1, -0.05) is 6.92 Å². The number of aromatic nitrogens is 2. The zero-order valence-corrected chi connectivity index (χ0v) is 13.2. The molecule has 1 aromatic heterocycles. The Kier molecular flexibility index (Phi) is 3.09. The van der Waals surface area contributed by atoms with Crippen LogP contribution in [0.3, 0.4) is 0 Å². The molecule has 1 heterocycles. The average Bonchev–Trinajstić information content (AvgIpc) is 2.45. The molecule has 0 aliphatic heterocycles. The molecule has 4 nitrogen and oxygen atoms in total. The van der Waals surface area contributed by atoms with Gasteiger partial charge in [0, 0.05) is 18.2 Å². The fourth-order valence-corrected chi connectivity index (χ4v) is 5.59. The fraction of sp³-hybridized carbons (Fsp3) is 0.765. The SMILES string of the molecule is CCc1c(NC)ncnc1NC12CC3CC(CC(C3)C1)C2. The molecule has 4 fully saturated rings. The van der Waals surface area contributed by atoms with Gasteiger partial charge in [0.25, 0.3) is 0 Å². The van der Waals surface area contributed by atoms with Crippen LogP contribution in [-0.4, -0.2) is 22.6 Å². The molecule has 1 aromatic rings. The van der Waals surface area contributed by atoms with Crippen molar-refractivity contribution in [3.8, 4) is 0 Å². The summed E-state index contributed by atoms with van der Waals surface area (Å²) in [5, 5.41) is 7.09. The van der Waals surface area contributed by atoms with Gasteiger partial charge in [0.1, 0.15) is 18.0 Å². The molecule has 0 unspecified atom stereocenters. The number of hydrogen-bond acceptors (Lipinski definition) is 4. The van der Waals surface area contributed by atoms with Crippen molar-refractivity contribution in [2.75, 3.05) is 17.7 Å². The topological polar surface area (TPSA) is 49.8 Å². The van der Waals surface area contributed by atoms with Crippen LogP contribution < -0.4 is 10.6 Å². The van der Waals surface area contributed by atoms with E-state index in [1.165, 1.54) is 44.1 Å². The molecule has 4 aliphatic rings. The Balaban J connectivity index is 1.64. The van der Waals surface area contributed by atoms with Gasteiger partial charge in [0.05, 0.1) is 0 Å². The normalized spacial score (nSPS) is 36.8. The Labute approximate surface area is 127 Å². The van der Waals surface area contributed by atoms with Gasteiger partial charge in [-0.05, 0) is 62.7 Å². The predicted molar refractivity (Wildman–Crippen MR) is 85.5 cm³/mol. The molecule has 0 radical (unpaired) electrons. The van der Waals surface area contributed by atoms with Gasteiger partial charge in [-0.3, -0.25) is 0 Å². The van der Waals surface area contributed by atoms with E-state index >= 15 is 0 Å². The molecule has 4 saturated carbocycles. The predicted octanol–water partition coefficient (Wildman–Crippen LogP) is 3.46. The van der Waals surface area contributed by atoms with E-state index in [4.69, 9.17) is 0 Å². The number of rotatable bonds is 4. The molecule has 0 atom stereocenters. The summed E-state index contributed by atoms with van der Waals surface area (Å²) in [4.78, 5) is 8.93. The summed E-state index contributed by atoms with van der Waals surface area (Å²) in [5.41, 5.74) is 1.55. The molecule has 0 spiro atoms. The van der Waals surface area contributed by atoms with Crippen LogP contribution in [0.25, 0.3) is 0 Å². The summed E-state index contributed by atoms with van der Waals surface area (Å²) < 4.78 is 0. The molecule has 4 heteroatoms. The molecular formula is C17H26N4. The Hall–Kier alpha value is -1.32. The second kappa shape index (κ2) is 4.85. The van der Waals surface area contributed by atoms with Crippen LogP contribution >= 0.6 is 0 Å². The first-order valence-electron chi connectivity index (χ1n) is 8.51. The molecule has 4 bridgehead atoms. The highest BCUT2D eigenvalue weighted by Gasteiger charge is 2.51. The zero-order valence-electron chi connectivity index (χ0n) is 13.2. The van der Waals surface area contributed by atoms with Gasteiger partial charge in [-0.25, -0.2) is 9.97 Å². The van der Waals surface area contributed by atoms with Crippen LogP contribution in [0, 0.1) is 17.8 Å². The molecule has 2 N–H and O–H groups in total. The maximum Gasteiger partial charge on any atom is 0.135 e. The average molecular weight is 286 g/mol. The highest BCUT2D eigenvalue weighted by Crippen LogP contribution is 2.56. The third-order valence-electron chi connectivity index (χ3n) is 5.96. The van der Waals surface area contributed by atoms with E-state index in [0.717, 1.165) is 35.8 Å². The zero-order chi connectivity index (χ0) is 14.4. The number of nitrogens with one attached hydrogen (secondary N) is 2. The van der Waals surface area contributed by atoms with E-state index in [0.29, 0.717) is 5.54 Å². The van der Waals surface area contributed by atoms with Gasteiger partial charge in [-0.2, -0.15) is 0 Å². The lowest BCUT2D eigenvalue weighted by atomic mass is 9.53. The largest absolute Gasteiger partial charge is 0.373 e. The van der Waals surface area contributed by atoms with E-state index in [1.807, 2.05) is 7.05 Å². The van der Waals surface area contributed by atoms with Crippen LogP contribution in [0.2, 0.25) is 0 Å². The minimum absolute atomic E-state index is 0.317. The minimum atomic E-state index is 0.317. The van der Waals surface area contributed by atoms with E-state index in [2.05, 4.69) is 27.5 Å². The van der Waals surface area contributed by atoms with Crippen LogP contribution in [0.1, 0.15) is 51.0 Å². The van der Waals surface area contributed by atoms with Crippen molar-refractivity contribution in [1.29, 1.82) is 0 Å². The summed E-state index contributed by atoms with van der Waals surface area (Å²) in [6.07, 6.45) is 11.1. The van der Waals surface area contributed by atoms with Crippen molar-refractivity contribution in [1.82, 2.24) is 9.97 Å². The Morgan fingerprint density at radius 2 is 1.62 bits per heavy atom. The molecule has 4 aliphatic carbocycles. The van der Waals surface area contributed by atoms with Crippen LogP contribution in [0.5, 0.6) is 0 Å². The van der Waals surface area contributed by atoms with Gasteiger partial charge < -0.3 is 10.6 Å². The number of anilines is 2. The van der Waals surface area contributed by atoms with Crippen molar-refractivity contribution >= 4 is 11.6 Å². The third kappa shape index (κ3) is 2.19. The first-order valence-corrected chi connectivity index (χ1v) is 8.51. The lowest BCUT2D eigenvalue weighted by Gasteiger charge is -2.57. The Morgan fingerprint density at radius 3 is 2.14 bits per heavy atom. The smallest absolute Gasteiger partial charge is 0.135 e. The van der Waals surface area contributed by atoms with Gasteiger partial charge in [-0.15, -0.1) is 0 Å². The minimum Gasteiger partial charge on any atom is -0.373 e. The molecule has 21 heavy (non-hydrogen) atoms. The lowest BCUT2D eigenvalue weighted by molar-refractivity contribution is 0.0105. The van der Waals surface area contributed by atoms with Crippen molar-refractivity contribution in [3.05, 3.63) is 11.9 Å². The van der Waals surface area contributed by atoms with E-state index in [1.54, 1.807) is 6.33 Å². The van der Waals surface area contributed by atoms with Gasteiger partial charge in [0.15, 0.2) is 0 Å². The second-order valence-corrected chi connectivity index (χ2v) is 7.48. The first kappa shape index (κ1) is 13.4. The molecule has 0 amide bonds. The monoisotopic (exact) mass is 286 g/mol. The fourth-order valence-electron chi connectivity index (χ4n) is 5.59. The molecular weight excluding hydrogens is 260 g/mol. The maximum absolute atomic E-state index is 4.57. The molecule has 5 rings (SSSR count). The second-order valence-electron chi connectivity index (χ2n) is 7.48. The summed E-state index contributed by atoms with van der Waals surface area (Å²) in [6, 6.07) is 0. The summed E-state index contributed by atoms with van der Waals surface area (Å²) in [5.74, 6) is 4.91. The van der Waals surface area contributed by atoms with E-state index in [-0.39, 0.29) is 0 Å². The molecule has 0 saturated heterocycles. The Bertz CT molecular complexity index is 504. The molecule has 114 valence electrons. The van der Waals surface area contributed by atoms with Crippen molar-refractivity contribution < 1.29 is 0 Å². The van der Waals surface area contributed by atoms with Gasteiger partial charge >= 0.3 is 0 Å². The van der Waals surface area contributed by atoms with Crippen LogP contribution in [0.15, 0.2) is 6.33 Å². The van der Waals surface area contributed by atoms with Crippen molar-refractivity contribution in [2.45, 2.75) is 57.4 Å². The van der Waals surface area contributed by atoms with Crippen molar-refractivity contribution in [3.63, 3.8) is 0 Å². The highest BCUT2D eigenvalue weighted by atomic mass is 15.1. The third-order valence-corrected chi connectivity index (χ3v) is 5.96. The summed E-state index contributed by atoms with van der Waals surface area (Å²) in [6.45, 7) is 2.18. The van der Waals surface area contributed by atoms with Gasteiger partial charge in [0.2, 0.25) is 0 Å².